The van der Waals surface area contributed by atoms with Gasteiger partial charge in [-0.3, -0.25) is 0 Å². The normalized spacial score (nSPS) is 28.4. The first kappa shape index (κ1) is 11.4. The molecule has 3 heteroatoms. The third kappa shape index (κ3) is 4.09. The van der Waals surface area contributed by atoms with Gasteiger partial charge in [0.15, 0.2) is 0 Å². The molecule has 2 saturated heterocycles. The van der Waals surface area contributed by atoms with Crippen LogP contribution < -0.4 is 5.32 Å². The van der Waals surface area contributed by atoms with Crippen molar-refractivity contribution < 1.29 is 4.74 Å². The number of hydrogen-bond donors (Lipinski definition) is 1. The van der Waals surface area contributed by atoms with Gasteiger partial charge in [-0.25, -0.2) is 0 Å². The highest BCUT2D eigenvalue weighted by Gasteiger charge is 2.14. The Morgan fingerprint density at radius 3 is 2.80 bits per heavy atom. The quantitative estimate of drug-likeness (QED) is 0.694. The summed E-state index contributed by atoms with van der Waals surface area (Å²) < 4.78 is 5.80. The molecule has 0 bridgehead atoms. The van der Waals surface area contributed by atoms with Crippen molar-refractivity contribution in [1.82, 2.24) is 10.2 Å². The first-order valence-corrected chi connectivity index (χ1v) is 6.50. The summed E-state index contributed by atoms with van der Waals surface area (Å²) in [4.78, 5) is 2.58. The van der Waals surface area contributed by atoms with E-state index in [4.69, 9.17) is 4.74 Å². The van der Waals surface area contributed by atoms with E-state index in [0.29, 0.717) is 6.10 Å². The van der Waals surface area contributed by atoms with E-state index in [2.05, 4.69) is 10.2 Å². The van der Waals surface area contributed by atoms with Crippen LogP contribution in [-0.2, 0) is 4.74 Å². The second-order valence-electron chi connectivity index (χ2n) is 4.74. The zero-order chi connectivity index (χ0) is 10.3. The molecule has 2 fully saturated rings. The van der Waals surface area contributed by atoms with E-state index < -0.39 is 0 Å². The molecule has 0 saturated carbocycles. The largest absolute Gasteiger partial charge is 0.377 e. The maximum atomic E-state index is 5.80. The Balaban J connectivity index is 1.47. The summed E-state index contributed by atoms with van der Waals surface area (Å²) in [7, 11) is 0. The number of likely N-dealkylation sites (tertiary alicyclic amines) is 1. The van der Waals surface area contributed by atoms with Crippen molar-refractivity contribution in [2.75, 3.05) is 39.3 Å². The van der Waals surface area contributed by atoms with Crippen LogP contribution in [0.15, 0.2) is 0 Å². The Hall–Kier alpha value is -0.120. The first-order chi connectivity index (χ1) is 7.45. The number of piperidine rings is 1. The summed E-state index contributed by atoms with van der Waals surface area (Å²) in [5.41, 5.74) is 0. The van der Waals surface area contributed by atoms with Crippen molar-refractivity contribution in [1.29, 1.82) is 0 Å². The van der Waals surface area contributed by atoms with Crippen molar-refractivity contribution in [3.05, 3.63) is 0 Å². The number of ether oxygens (including phenoxy) is 1. The fraction of sp³-hybridized carbons (Fsp3) is 1.00. The molecule has 1 N–H and O–H groups in total. The van der Waals surface area contributed by atoms with E-state index in [1.807, 2.05) is 0 Å². The molecule has 0 radical (unpaired) electrons. The summed E-state index contributed by atoms with van der Waals surface area (Å²) in [6.45, 7) is 7.00. The molecule has 0 amide bonds. The van der Waals surface area contributed by atoms with Gasteiger partial charge in [-0.05, 0) is 45.3 Å². The summed E-state index contributed by atoms with van der Waals surface area (Å²) in [6, 6.07) is 0. The van der Waals surface area contributed by atoms with Crippen LogP contribution in [0.5, 0.6) is 0 Å². The highest BCUT2D eigenvalue weighted by Crippen LogP contribution is 2.09. The highest BCUT2D eigenvalue weighted by molar-refractivity contribution is 4.71. The standard InChI is InChI=1S/C12H24N2O/c1-2-7-14(8-3-1)9-4-10-15-12-5-6-13-11-12/h12-13H,1-11H2/t12-/m1/s1. The Bertz CT molecular complexity index is 163. The van der Waals surface area contributed by atoms with Gasteiger partial charge in [-0.2, -0.15) is 0 Å². The Morgan fingerprint density at radius 2 is 2.07 bits per heavy atom. The maximum Gasteiger partial charge on any atom is 0.0711 e. The third-order valence-electron chi connectivity index (χ3n) is 3.44. The van der Waals surface area contributed by atoms with Crippen LogP contribution in [-0.4, -0.2) is 50.3 Å². The number of rotatable bonds is 5. The number of hydrogen-bond acceptors (Lipinski definition) is 3. The molecule has 88 valence electrons. The van der Waals surface area contributed by atoms with Gasteiger partial charge in [0.1, 0.15) is 0 Å². The molecule has 0 aromatic rings. The van der Waals surface area contributed by atoms with Gasteiger partial charge in [0.05, 0.1) is 6.10 Å². The molecule has 0 aliphatic carbocycles. The second-order valence-corrected chi connectivity index (χ2v) is 4.74. The minimum Gasteiger partial charge on any atom is -0.377 e. The maximum absolute atomic E-state index is 5.80. The van der Waals surface area contributed by atoms with Gasteiger partial charge in [0.25, 0.3) is 0 Å². The van der Waals surface area contributed by atoms with Crippen LogP contribution in [0.3, 0.4) is 0 Å². The van der Waals surface area contributed by atoms with Gasteiger partial charge in [-0.1, -0.05) is 6.42 Å². The molecule has 2 aliphatic rings. The summed E-state index contributed by atoms with van der Waals surface area (Å²) in [6.07, 6.45) is 7.12. The first-order valence-electron chi connectivity index (χ1n) is 6.50. The average Bonchev–Trinajstić information content (AvgIpc) is 2.79. The van der Waals surface area contributed by atoms with Crippen molar-refractivity contribution >= 4 is 0 Å². The van der Waals surface area contributed by atoms with E-state index in [1.54, 1.807) is 0 Å². The van der Waals surface area contributed by atoms with E-state index in [-0.39, 0.29) is 0 Å². The SMILES string of the molecule is C1CCN(CCCO[C@@H]2CCNC2)CC1. The smallest absolute Gasteiger partial charge is 0.0711 e. The van der Waals surface area contributed by atoms with Gasteiger partial charge in [-0.15, -0.1) is 0 Å². The molecule has 0 unspecified atom stereocenters. The topological polar surface area (TPSA) is 24.5 Å². The van der Waals surface area contributed by atoms with Gasteiger partial charge in [0, 0.05) is 19.7 Å². The summed E-state index contributed by atoms with van der Waals surface area (Å²) >= 11 is 0. The van der Waals surface area contributed by atoms with Gasteiger partial charge in [0.2, 0.25) is 0 Å². The van der Waals surface area contributed by atoms with E-state index >= 15 is 0 Å². The zero-order valence-corrected chi connectivity index (χ0v) is 9.71. The van der Waals surface area contributed by atoms with Crippen LogP contribution in [0, 0.1) is 0 Å². The molecule has 0 aromatic heterocycles. The van der Waals surface area contributed by atoms with Crippen LogP contribution in [0.2, 0.25) is 0 Å². The fourth-order valence-corrected chi connectivity index (χ4v) is 2.49. The molecule has 2 rings (SSSR count). The predicted molar refractivity (Wildman–Crippen MR) is 62.1 cm³/mol. The minimum atomic E-state index is 0.492. The molecule has 0 spiro atoms. The molecule has 2 aliphatic heterocycles. The summed E-state index contributed by atoms with van der Waals surface area (Å²) in [5.74, 6) is 0. The van der Waals surface area contributed by atoms with Crippen LogP contribution in [0.4, 0.5) is 0 Å². The van der Waals surface area contributed by atoms with Crippen molar-refractivity contribution in [2.24, 2.45) is 0 Å². The van der Waals surface area contributed by atoms with Crippen molar-refractivity contribution in [3.8, 4) is 0 Å². The predicted octanol–water partition coefficient (Wildman–Crippen LogP) is 1.24. The monoisotopic (exact) mass is 212 g/mol. The zero-order valence-electron chi connectivity index (χ0n) is 9.71. The Morgan fingerprint density at radius 1 is 1.20 bits per heavy atom. The molecular weight excluding hydrogens is 188 g/mol. The van der Waals surface area contributed by atoms with Crippen LogP contribution in [0.1, 0.15) is 32.1 Å². The molecule has 1 atom stereocenters. The second kappa shape index (κ2) is 6.46. The molecule has 15 heavy (non-hydrogen) atoms. The lowest BCUT2D eigenvalue weighted by Crippen LogP contribution is -2.31. The third-order valence-corrected chi connectivity index (χ3v) is 3.44. The number of nitrogens with zero attached hydrogens (tertiary/aromatic N) is 1. The number of nitrogens with one attached hydrogen (secondary N) is 1. The lowest BCUT2D eigenvalue weighted by Gasteiger charge is -2.26. The molecule has 2 heterocycles. The van der Waals surface area contributed by atoms with E-state index in [0.717, 1.165) is 19.7 Å². The Labute approximate surface area is 93.2 Å². The van der Waals surface area contributed by atoms with Gasteiger partial charge >= 0.3 is 0 Å². The van der Waals surface area contributed by atoms with E-state index in [9.17, 15) is 0 Å². The lowest BCUT2D eigenvalue weighted by molar-refractivity contribution is 0.0584. The lowest BCUT2D eigenvalue weighted by atomic mass is 10.1. The molecular formula is C12H24N2O. The Kier molecular flexibility index (Phi) is 4.90. The van der Waals surface area contributed by atoms with Crippen LogP contribution in [0.25, 0.3) is 0 Å². The van der Waals surface area contributed by atoms with Crippen LogP contribution >= 0.6 is 0 Å². The minimum absolute atomic E-state index is 0.492. The molecule has 0 aromatic carbocycles. The van der Waals surface area contributed by atoms with Crippen molar-refractivity contribution in [3.63, 3.8) is 0 Å². The fourth-order valence-electron chi connectivity index (χ4n) is 2.49. The van der Waals surface area contributed by atoms with E-state index in [1.165, 1.54) is 51.7 Å². The summed E-state index contributed by atoms with van der Waals surface area (Å²) in [5, 5.41) is 3.33. The van der Waals surface area contributed by atoms with Gasteiger partial charge < -0.3 is 15.0 Å². The molecule has 3 nitrogen and oxygen atoms in total. The van der Waals surface area contributed by atoms with Crippen molar-refractivity contribution in [2.45, 2.75) is 38.2 Å². The average molecular weight is 212 g/mol. The highest BCUT2D eigenvalue weighted by atomic mass is 16.5.